The molecule has 0 radical (unpaired) electrons. The van der Waals surface area contributed by atoms with Crippen LogP contribution in [0.25, 0.3) is 12.2 Å². The van der Waals surface area contributed by atoms with Crippen molar-refractivity contribution in [1.29, 1.82) is 0 Å². The lowest BCUT2D eigenvalue weighted by Crippen LogP contribution is -2.38. The first-order chi connectivity index (χ1) is 26.0. The molecule has 0 bridgehead atoms. The third-order valence-electron chi connectivity index (χ3n) is 9.16. The van der Waals surface area contributed by atoms with E-state index in [9.17, 15) is 4.79 Å². The predicted molar refractivity (Wildman–Crippen MR) is 209 cm³/mol. The lowest BCUT2D eigenvalue weighted by Gasteiger charge is -2.28. The summed E-state index contributed by atoms with van der Waals surface area (Å²) in [4.78, 5) is 12.6. The third-order valence-corrected chi connectivity index (χ3v) is 9.16. The molecule has 1 atom stereocenters. The Balaban J connectivity index is 0.963. The molecular formula is C43H52N2O8. The largest absolute Gasteiger partial charge is 0.493 e. The van der Waals surface area contributed by atoms with Crippen LogP contribution in [-0.4, -0.2) is 54.7 Å². The summed E-state index contributed by atoms with van der Waals surface area (Å²) in [6.07, 6.45) is 12.6. The van der Waals surface area contributed by atoms with Crippen LogP contribution in [0.1, 0.15) is 84.6 Å². The van der Waals surface area contributed by atoms with E-state index in [0.29, 0.717) is 53.3 Å². The number of anilines is 1. The average molecular weight is 725 g/mol. The monoisotopic (exact) mass is 724 g/mol. The van der Waals surface area contributed by atoms with Gasteiger partial charge in [-0.05, 0) is 78.1 Å². The highest BCUT2D eigenvalue weighted by molar-refractivity contribution is 6.01. The zero-order valence-electron chi connectivity index (χ0n) is 31.5. The highest BCUT2D eigenvalue weighted by Gasteiger charge is 2.25. The van der Waals surface area contributed by atoms with E-state index in [1.807, 2.05) is 84.9 Å². The standard InChI is InChI=1S/C43H52N2O8/c1-47-35-22-20-30(18-19-31-27-39(49-3)41(51-5)40(28-31)50-4)26-38(35)53-25-15-11-9-7-6-8-10-14-24-52-36-23-21-32(29-37(36)48-2)42-44-34-17-13-12-16-33(34)43(46)45-42/h12-13,16-23,26-29,42,44H,6-11,14-15,24-25H2,1-5H3,(H,45,46)/b19-18-. The fourth-order valence-electron chi connectivity index (χ4n) is 6.29. The summed E-state index contributed by atoms with van der Waals surface area (Å²) >= 11 is 0. The van der Waals surface area contributed by atoms with Gasteiger partial charge in [0.05, 0.1) is 54.3 Å². The van der Waals surface area contributed by atoms with E-state index in [1.54, 1.807) is 35.5 Å². The summed E-state index contributed by atoms with van der Waals surface area (Å²) < 4.78 is 39.8. The summed E-state index contributed by atoms with van der Waals surface area (Å²) in [7, 11) is 8.10. The average Bonchev–Trinajstić information content (AvgIpc) is 3.19. The van der Waals surface area contributed by atoms with Gasteiger partial charge in [0.25, 0.3) is 5.91 Å². The second-order valence-electron chi connectivity index (χ2n) is 12.7. The van der Waals surface area contributed by atoms with Crippen molar-refractivity contribution < 1.29 is 38.0 Å². The van der Waals surface area contributed by atoms with Crippen LogP contribution in [-0.2, 0) is 0 Å². The van der Waals surface area contributed by atoms with Gasteiger partial charge in [0.1, 0.15) is 6.17 Å². The number of para-hydroxylation sites is 1. The number of hydrogen-bond acceptors (Lipinski definition) is 9. The fraction of sp³-hybridized carbons (Fsp3) is 0.372. The number of benzene rings is 4. The van der Waals surface area contributed by atoms with Crippen LogP contribution in [0.15, 0.2) is 72.8 Å². The molecule has 2 N–H and O–H groups in total. The molecule has 1 aliphatic heterocycles. The van der Waals surface area contributed by atoms with Gasteiger partial charge in [-0.25, -0.2) is 0 Å². The Hall–Kier alpha value is -5.51. The molecular weight excluding hydrogens is 672 g/mol. The maximum Gasteiger partial charge on any atom is 0.255 e. The molecule has 0 saturated carbocycles. The first kappa shape index (κ1) is 38.7. The number of amides is 1. The summed E-state index contributed by atoms with van der Waals surface area (Å²) in [6, 6.07) is 23.0. The smallest absolute Gasteiger partial charge is 0.255 e. The Morgan fingerprint density at radius 2 is 1.09 bits per heavy atom. The maximum absolute atomic E-state index is 12.6. The van der Waals surface area contributed by atoms with E-state index in [0.717, 1.165) is 53.8 Å². The molecule has 0 saturated heterocycles. The van der Waals surface area contributed by atoms with Gasteiger partial charge < -0.3 is 43.8 Å². The van der Waals surface area contributed by atoms with Crippen molar-refractivity contribution in [2.24, 2.45) is 0 Å². The molecule has 4 aromatic rings. The molecule has 0 aromatic heterocycles. The van der Waals surface area contributed by atoms with Crippen molar-refractivity contribution >= 4 is 23.7 Å². The lowest BCUT2D eigenvalue weighted by atomic mass is 10.1. The van der Waals surface area contributed by atoms with E-state index < -0.39 is 0 Å². The number of unbranched alkanes of at least 4 members (excludes halogenated alkanes) is 7. The predicted octanol–water partition coefficient (Wildman–Crippen LogP) is 9.33. The zero-order valence-corrected chi connectivity index (χ0v) is 31.5. The number of ether oxygens (including phenoxy) is 7. The molecule has 0 aliphatic carbocycles. The Bertz CT molecular complexity index is 1800. The van der Waals surface area contributed by atoms with Gasteiger partial charge in [0.15, 0.2) is 34.5 Å². The number of carbonyl (C=O) groups excluding carboxylic acids is 1. The summed E-state index contributed by atoms with van der Waals surface area (Å²) in [6.45, 7) is 1.27. The quantitative estimate of drug-likeness (QED) is 0.0643. The van der Waals surface area contributed by atoms with E-state index in [2.05, 4.69) is 10.6 Å². The minimum atomic E-state index is -0.342. The highest BCUT2D eigenvalue weighted by Crippen LogP contribution is 2.39. The minimum absolute atomic E-state index is 0.100. The zero-order chi connectivity index (χ0) is 37.4. The topological polar surface area (TPSA) is 106 Å². The Morgan fingerprint density at radius 1 is 0.528 bits per heavy atom. The third kappa shape index (κ3) is 10.5. The molecule has 1 heterocycles. The van der Waals surface area contributed by atoms with Gasteiger partial charge >= 0.3 is 0 Å². The van der Waals surface area contributed by atoms with Crippen LogP contribution >= 0.6 is 0 Å². The Morgan fingerprint density at radius 3 is 1.74 bits per heavy atom. The number of carbonyl (C=O) groups is 1. The van der Waals surface area contributed by atoms with Crippen molar-refractivity contribution in [3.8, 4) is 40.2 Å². The maximum atomic E-state index is 12.6. The molecule has 5 rings (SSSR count). The second kappa shape index (κ2) is 19.9. The van der Waals surface area contributed by atoms with Crippen molar-refractivity contribution in [3.05, 3.63) is 95.1 Å². The fourth-order valence-corrected chi connectivity index (χ4v) is 6.29. The molecule has 1 unspecified atom stereocenters. The molecule has 1 amide bonds. The van der Waals surface area contributed by atoms with Crippen molar-refractivity contribution in [3.63, 3.8) is 0 Å². The highest BCUT2D eigenvalue weighted by atomic mass is 16.5. The van der Waals surface area contributed by atoms with Gasteiger partial charge in [-0.3, -0.25) is 4.79 Å². The lowest BCUT2D eigenvalue weighted by molar-refractivity contribution is 0.0935. The molecule has 0 spiro atoms. The molecule has 282 valence electrons. The van der Waals surface area contributed by atoms with E-state index >= 15 is 0 Å². The van der Waals surface area contributed by atoms with Gasteiger partial charge in [-0.15, -0.1) is 0 Å². The number of fused-ring (bicyclic) bond motifs is 1. The molecule has 10 heteroatoms. The van der Waals surface area contributed by atoms with Gasteiger partial charge in [-0.2, -0.15) is 0 Å². The number of nitrogens with one attached hydrogen (secondary N) is 2. The van der Waals surface area contributed by atoms with Gasteiger partial charge in [0, 0.05) is 5.69 Å². The van der Waals surface area contributed by atoms with Crippen LogP contribution in [0.2, 0.25) is 0 Å². The number of rotatable bonds is 21. The molecule has 0 fully saturated rings. The van der Waals surface area contributed by atoms with E-state index in [1.165, 1.54) is 25.7 Å². The van der Waals surface area contributed by atoms with Crippen LogP contribution in [0, 0.1) is 0 Å². The van der Waals surface area contributed by atoms with E-state index in [-0.39, 0.29) is 12.1 Å². The summed E-state index contributed by atoms with van der Waals surface area (Å²) in [5, 5.41) is 6.40. The first-order valence-corrected chi connectivity index (χ1v) is 18.2. The minimum Gasteiger partial charge on any atom is -0.493 e. The van der Waals surface area contributed by atoms with Crippen molar-refractivity contribution in [2.75, 3.05) is 54.1 Å². The van der Waals surface area contributed by atoms with E-state index in [4.69, 9.17) is 33.2 Å². The normalized spacial score (nSPS) is 13.5. The van der Waals surface area contributed by atoms with Crippen LogP contribution in [0.4, 0.5) is 5.69 Å². The van der Waals surface area contributed by atoms with Crippen LogP contribution in [0.5, 0.6) is 40.2 Å². The first-order valence-electron chi connectivity index (χ1n) is 18.2. The van der Waals surface area contributed by atoms with Crippen LogP contribution < -0.4 is 43.8 Å². The molecule has 4 aromatic carbocycles. The molecule has 53 heavy (non-hydrogen) atoms. The molecule has 10 nitrogen and oxygen atoms in total. The summed E-state index contributed by atoms with van der Waals surface area (Å²) in [5.74, 6) is 4.48. The number of methoxy groups -OCH3 is 5. The summed E-state index contributed by atoms with van der Waals surface area (Å²) in [5.41, 5.74) is 4.27. The van der Waals surface area contributed by atoms with Crippen molar-refractivity contribution in [1.82, 2.24) is 5.32 Å². The van der Waals surface area contributed by atoms with Gasteiger partial charge in [-0.1, -0.05) is 74.9 Å². The second-order valence-corrected chi connectivity index (χ2v) is 12.7. The van der Waals surface area contributed by atoms with Gasteiger partial charge in [0.2, 0.25) is 5.75 Å². The SMILES string of the molecule is COc1cc(C2NC(=O)c3ccccc3N2)ccc1OCCCCCCCCCCOc1cc(/C=C\c2cc(OC)c(OC)c(OC)c2)ccc1OC. The number of hydrogen-bond donors (Lipinski definition) is 2. The van der Waals surface area contributed by atoms with Crippen LogP contribution in [0.3, 0.4) is 0 Å². The Labute approximate surface area is 313 Å². The Kier molecular flexibility index (Phi) is 14.6. The molecule has 1 aliphatic rings. The van der Waals surface area contributed by atoms with Crippen molar-refractivity contribution in [2.45, 2.75) is 57.5 Å².